The van der Waals surface area contributed by atoms with Gasteiger partial charge in [-0.2, -0.15) is 4.68 Å². The number of tetrazole rings is 1. The number of aromatic nitrogens is 4. The monoisotopic (exact) mass is 266 g/mol. The van der Waals surface area contributed by atoms with Crippen molar-refractivity contribution in [2.24, 2.45) is 0 Å². The second-order valence-corrected chi connectivity index (χ2v) is 4.47. The van der Waals surface area contributed by atoms with Gasteiger partial charge in [0.2, 0.25) is 5.16 Å². The van der Waals surface area contributed by atoms with Gasteiger partial charge in [0.1, 0.15) is 5.75 Å². The lowest BCUT2D eigenvalue weighted by molar-refractivity contribution is 0.218. The second-order valence-electron chi connectivity index (χ2n) is 3.41. The molecule has 0 saturated carbocycles. The Hall–Kier alpha value is -1.60. The molecule has 1 aromatic carbocycles. The van der Waals surface area contributed by atoms with Gasteiger partial charge < -0.3 is 9.47 Å². The molecule has 0 aliphatic rings. The van der Waals surface area contributed by atoms with Crippen LogP contribution in [0.25, 0.3) is 5.69 Å². The fourth-order valence-corrected chi connectivity index (χ4v) is 2.16. The number of ether oxygens (including phenoxy) is 2. The predicted molar refractivity (Wildman–Crippen MR) is 68.3 cm³/mol. The Morgan fingerprint density at radius 2 is 2.00 bits per heavy atom. The smallest absolute Gasteiger partial charge is 0.214 e. The Balaban J connectivity index is 2.14. The first-order valence-corrected chi connectivity index (χ1v) is 6.38. The molecule has 0 bridgehead atoms. The zero-order chi connectivity index (χ0) is 12.8. The minimum atomic E-state index is 0.667. The summed E-state index contributed by atoms with van der Waals surface area (Å²) < 4.78 is 11.8. The fraction of sp³-hybridized carbons (Fsp3) is 0.364. The summed E-state index contributed by atoms with van der Waals surface area (Å²) in [6.07, 6.45) is 0. The van der Waals surface area contributed by atoms with Gasteiger partial charge in [-0.25, -0.2) is 0 Å². The van der Waals surface area contributed by atoms with Crippen molar-refractivity contribution in [2.75, 3.05) is 26.6 Å². The fourth-order valence-electron chi connectivity index (χ4n) is 1.37. The summed E-state index contributed by atoms with van der Waals surface area (Å²) >= 11 is 1.55. The third kappa shape index (κ3) is 2.99. The Morgan fingerprint density at radius 3 is 2.67 bits per heavy atom. The van der Waals surface area contributed by atoms with Gasteiger partial charge in [0.15, 0.2) is 0 Å². The highest BCUT2D eigenvalue weighted by Crippen LogP contribution is 2.19. The molecular weight excluding hydrogens is 252 g/mol. The van der Waals surface area contributed by atoms with Crippen LogP contribution >= 0.6 is 11.8 Å². The molecule has 0 spiro atoms. The molecule has 96 valence electrons. The minimum absolute atomic E-state index is 0.667. The van der Waals surface area contributed by atoms with E-state index in [4.69, 9.17) is 9.47 Å². The molecule has 0 aliphatic heterocycles. The zero-order valence-corrected chi connectivity index (χ0v) is 11.1. The standard InChI is InChI=1S/C11H14N4O2S/c1-16-7-8-18-11-12-13-14-15(11)9-3-5-10(17-2)6-4-9/h3-6H,7-8H2,1-2H3. The quantitative estimate of drug-likeness (QED) is 0.582. The van der Waals surface area contributed by atoms with Crippen molar-refractivity contribution < 1.29 is 9.47 Å². The lowest BCUT2D eigenvalue weighted by Gasteiger charge is -2.05. The van der Waals surface area contributed by atoms with Gasteiger partial charge in [0, 0.05) is 12.9 Å². The topological polar surface area (TPSA) is 62.1 Å². The van der Waals surface area contributed by atoms with Crippen LogP contribution in [0.4, 0.5) is 0 Å². The second kappa shape index (κ2) is 6.36. The Kier molecular flexibility index (Phi) is 4.54. The number of rotatable bonds is 6. The van der Waals surface area contributed by atoms with E-state index in [1.807, 2.05) is 24.3 Å². The normalized spacial score (nSPS) is 10.6. The van der Waals surface area contributed by atoms with Crippen LogP contribution in [0.2, 0.25) is 0 Å². The average Bonchev–Trinajstić information content (AvgIpc) is 2.88. The molecular formula is C11H14N4O2S. The molecule has 0 N–H and O–H groups in total. The molecule has 2 aromatic rings. The molecule has 0 aliphatic carbocycles. The largest absolute Gasteiger partial charge is 0.497 e. The van der Waals surface area contributed by atoms with E-state index in [-0.39, 0.29) is 0 Å². The third-order valence-electron chi connectivity index (χ3n) is 2.28. The number of hydrogen-bond donors (Lipinski definition) is 0. The van der Waals surface area contributed by atoms with Crippen molar-refractivity contribution in [1.29, 1.82) is 0 Å². The maximum atomic E-state index is 5.11. The van der Waals surface area contributed by atoms with E-state index in [1.54, 1.807) is 30.7 Å². The van der Waals surface area contributed by atoms with Crippen molar-refractivity contribution in [3.63, 3.8) is 0 Å². The molecule has 0 unspecified atom stereocenters. The summed E-state index contributed by atoms with van der Waals surface area (Å²) in [5.41, 5.74) is 0.903. The summed E-state index contributed by atoms with van der Waals surface area (Å²) in [5, 5.41) is 12.4. The average molecular weight is 266 g/mol. The predicted octanol–water partition coefficient (Wildman–Crippen LogP) is 1.41. The van der Waals surface area contributed by atoms with Crippen LogP contribution in [-0.4, -0.2) is 46.8 Å². The van der Waals surface area contributed by atoms with Gasteiger partial charge in [-0.3, -0.25) is 0 Å². The first-order chi connectivity index (χ1) is 8.85. The first-order valence-electron chi connectivity index (χ1n) is 5.39. The molecule has 0 saturated heterocycles. The Labute approximate surface area is 109 Å². The van der Waals surface area contributed by atoms with Gasteiger partial charge in [0.05, 0.1) is 19.4 Å². The molecule has 18 heavy (non-hydrogen) atoms. The SMILES string of the molecule is COCCSc1nnnn1-c1ccc(OC)cc1. The van der Waals surface area contributed by atoms with E-state index in [2.05, 4.69) is 15.5 Å². The van der Waals surface area contributed by atoms with E-state index in [1.165, 1.54) is 0 Å². The van der Waals surface area contributed by atoms with Crippen LogP contribution in [0.3, 0.4) is 0 Å². The number of nitrogens with zero attached hydrogens (tertiary/aromatic N) is 4. The van der Waals surface area contributed by atoms with E-state index in [0.717, 1.165) is 22.3 Å². The van der Waals surface area contributed by atoms with Crippen LogP contribution in [0.1, 0.15) is 0 Å². The van der Waals surface area contributed by atoms with Crippen molar-refractivity contribution in [2.45, 2.75) is 5.16 Å². The molecule has 7 heteroatoms. The van der Waals surface area contributed by atoms with Crippen molar-refractivity contribution >= 4 is 11.8 Å². The first kappa shape index (κ1) is 12.8. The van der Waals surface area contributed by atoms with Crippen molar-refractivity contribution in [1.82, 2.24) is 20.2 Å². The van der Waals surface area contributed by atoms with E-state index in [0.29, 0.717) is 6.61 Å². The number of hydrogen-bond acceptors (Lipinski definition) is 6. The van der Waals surface area contributed by atoms with Crippen LogP contribution in [-0.2, 0) is 4.74 Å². The highest BCUT2D eigenvalue weighted by Gasteiger charge is 2.08. The number of thioether (sulfide) groups is 1. The molecule has 6 nitrogen and oxygen atoms in total. The van der Waals surface area contributed by atoms with E-state index < -0.39 is 0 Å². The molecule has 2 rings (SSSR count). The summed E-state index contributed by atoms with van der Waals surface area (Å²) in [4.78, 5) is 0. The van der Waals surface area contributed by atoms with Crippen LogP contribution < -0.4 is 4.74 Å². The number of benzene rings is 1. The third-order valence-corrected chi connectivity index (χ3v) is 3.16. The summed E-state index contributed by atoms with van der Waals surface area (Å²) in [5.74, 6) is 1.62. The number of methoxy groups -OCH3 is 2. The van der Waals surface area contributed by atoms with E-state index in [9.17, 15) is 0 Å². The van der Waals surface area contributed by atoms with Gasteiger partial charge in [0.25, 0.3) is 0 Å². The molecule has 1 aromatic heterocycles. The van der Waals surface area contributed by atoms with Crippen molar-refractivity contribution in [3.05, 3.63) is 24.3 Å². The molecule has 0 radical (unpaired) electrons. The highest BCUT2D eigenvalue weighted by atomic mass is 32.2. The highest BCUT2D eigenvalue weighted by molar-refractivity contribution is 7.99. The van der Waals surface area contributed by atoms with Crippen molar-refractivity contribution in [3.8, 4) is 11.4 Å². The summed E-state index contributed by atoms with van der Waals surface area (Å²) in [6.45, 7) is 0.667. The lowest BCUT2D eigenvalue weighted by atomic mass is 10.3. The summed E-state index contributed by atoms with van der Waals surface area (Å²) in [7, 11) is 3.31. The molecule has 0 fully saturated rings. The summed E-state index contributed by atoms with van der Waals surface area (Å²) in [6, 6.07) is 7.58. The van der Waals surface area contributed by atoms with Gasteiger partial charge >= 0.3 is 0 Å². The minimum Gasteiger partial charge on any atom is -0.497 e. The Morgan fingerprint density at radius 1 is 1.22 bits per heavy atom. The molecule has 0 amide bonds. The molecule has 0 atom stereocenters. The Bertz CT molecular complexity index is 486. The van der Waals surface area contributed by atoms with Crippen LogP contribution in [0, 0.1) is 0 Å². The van der Waals surface area contributed by atoms with Gasteiger partial charge in [-0.1, -0.05) is 11.8 Å². The molecule has 1 heterocycles. The maximum Gasteiger partial charge on any atom is 0.214 e. The van der Waals surface area contributed by atoms with Crippen LogP contribution in [0.5, 0.6) is 5.75 Å². The van der Waals surface area contributed by atoms with Gasteiger partial charge in [-0.05, 0) is 34.7 Å². The van der Waals surface area contributed by atoms with Gasteiger partial charge in [-0.15, -0.1) is 5.10 Å². The van der Waals surface area contributed by atoms with E-state index >= 15 is 0 Å². The van der Waals surface area contributed by atoms with Crippen LogP contribution in [0.15, 0.2) is 29.4 Å². The maximum absolute atomic E-state index is 5.11. The zero-order valence-electron chi connectivity index (χ0n) is 10.2. The lowest BCUT2D eigenvalue weighted by Crippen LogP contribution is -2.00.